The molecule has 0 spiro atoms. The summed E-state index contributed by atoms with van der Waals surface area (Å²) in [5.41, 5.74) is 2.29. The Bertz CT molecular complexity index is 630. The summed E-state index contributed by atoms with van der Waals surface area (Å²) in [4.78, 5) is 0. The van der Waals surface area contributed by atoms with Crippen LogP contribution in [0.4, 0.5) is 4.39 Å². The molecular formula is C14H15BrClFN2O. The molecule has 0 fully saturated rings. The van der Waals surface area contributed by atoms with Crippen LogP contribution in [0, 0.1) is 12.7 Å². The van der Waals surface area contributed by atoms with Crippen molar-refractivity contribution in [2.45, 2.75) is 32.9 Å². The van der Waals surface area contributed by atoms with E-state index in [4.69, 9.17) is 11.6 Å². The number of aryl methyl sites for hydroxylation is 2. The predicted molar refractivity (Wildman–Crippen MR) is 80.4 cm³/mol. The zero-order valence-electron chi connectivity index (χ0n) is 11.2. The van der Waals surface area contributed by atoms with Gasteiger partial charge in [0, 0.05) is 18.0 Å². The number of aliphatic hydroxyl groups is 1. The maximum atomic E-state index is 13.0. The van der Waals surface area contributed by atoms with Crippen molar-refractivity contribution in [3.05, 3.63) is 50.5 Å². The minimum atomic E-state index is -0.805. The van der Waals surface area contributed by atoms with Crippen molar-refractivity contribution in [1.29, 1.82) is 0 Å². The number of halogens is 3. The molecule has 0 bridgehead atoms. The van der Waals surface area contributed by atoms with Crippen molar-refractivity contribution in [1.82, 2.24) is 9.78 Å². The molecule has 2 aromatic rings. The minimum absolute atomic E-state index is 0.230. The highest BCUT2D eigenvalue weighted by Gasteiger charge is 2.19. The van der Waals surface area contributed by atoms with Crippen molar-refractivity contribution < 1.29 is 9.50 Å². The zero-order chi connectivity index (χ0) is 14.9. The van der Waals surface area contributed by atoms with Crippen LogP contribution in [0.1, 0.15) is 30.0 Å². The molecule has 20 heavy (non-hydrogen) atoms. The van der Waals surface area contributed by atoms with E-state index in [1.165, 1.54) is 18.2 Å². The summed E-state index contributed by atoms with van der Waals surface area (Å²) in [6, 6.07) is 4.01. The van der Waals surface area contributed by atoms with Crippen LogP contribution in [0.3, 0.4) is 0 Å². The second-order valence-electron chi connectivity index (χ2n) is 4.55. The number of hydrogen-bond acceptors (Lipinski definition) is 2. The Balaban J connectivity index is 2.30. The van der Waals surface area contributed by atoms with Gasteiger partial charge in [-0.2, -0.15) is 5.10 Å². The third-order valence-corrected chi connectivity index (χ3v) is 4.52. The second kappa shape index (κ2) is 6.24. The van der Waals surface area contributed by atoms with Crippen LogP contribution in [0.5, 0.6) is 0 Å². The van der Waals surface area contributed by atoms with Gasteiger partial charge in [0.05, 0.1) is 22.0 Å². The van der Waals surface area contributed by atoms with E-state index in [0.29, 0.717) is 18.5 Å². The van der Waals surface area contributed by atoms with Crippen molar-refractivity contribution in [3.8, 4) is 0 Å². The average molecular weight is 362 g/mol. The van der Waals surface area contributed by atoms with Gasteiger partial charge in [-0.15, -0.1) is 0 Å². The Labute approximate surface area is 130 Å². The molecule has 0 aliphatic rings. The van der Waals surface area contributed by atoms with E-state index in [1.807, 2.05) is 18.5 Å². The molecule has 1 aromatic heterocycles. The molecule has 1 N–H and O–H groups in total. The standard InChI is InChI=1S/C14H15BrClFN2O/c1-3-19-12(14(15)8(2)18-19)7-13(20)10-5-4-9(17)6-11(10)16/h4-6,13,20H,3,7H2,1-2H3. The summed E-state index contributed by atoms with van der Waals surface area (Å²) in [5, 5.41) is 14.9. The molecule has 1 heterocycles. The highest BCUT2D eigenvalue weighted by atomic mass is 79.9. The molecule has 0 aliphatic heterocycles. The van der Waals surface area contributed by atoms with E-state index >= 15 is 0 Å². The fourth-order valence-electron chi connectivity index (χ4n) is 2.13. The number of nitrogens with zero attached hydrogens (tertiary/aromatic N) is 2. The fraction of sp³-hybridized carbons (Fsp3) is 0.357. The van der Waals surface area contributed by atoms with E-state index in [2.05, 4.69) is 21.0 Å². The van der Waals surface area contributed by atoms with Crippen LogP contribution >= 0.6 is 27.5 Å². The summed E-state index contributed by atoms with van der Waals surface area (Å²) >= 11 is 9.46. The van der Waals surface area contributed by atoms with E-state index < -0.39 is 11.9 Å². The lowest BCUT2D eigenvalue weighted by molar-refractivity contribution is 0.175. The van der Waals surface area contributed by atoms with Crippen LogP contribution in [-0.4, -0.2) is 14.9 Å². The number of hydrogen-bond donors (Lipinski definition) is 1. The lowest BCUT2D eigenvalue weighted by Gasteiger charge is -2.14. The quantitative estimate of drug-likeness (QED) is 0.892. The third-order valence-electron chi connectivity index (χ3n) is 3.16. The minimum Gasteiger partial charge on any atom is -0.388 e. The van der Waals surface area contributed by atoms with E-state index in [1.54, 1.807) is 0 Å². The van der Waals surface area contributed by atoms with Gasteiger partial charge in [-0.3, -0.25) is 4.68 Å². The Morgan fingerprint density at radius 1 is 1.50 bits per heavy atom. The van der Waals surface area contributed by atoms with E-state index in [9.17, 15) is 9.50 Å². The van der Waals surface area contributed by atoms with Crippen LogP contribution in [0.2, 0.25) is 5.02 Å². The molecule has 0 radical (unpaired) electrons. The summed E-state index contributed by atoms with van der Waals surface area (Å²) in [6.07, 6.45) is -0.443. The molecule has 2 rings (SSSR count). The number of aromatic nitrogens is 2. The van der Waals surface area contributed by atoms with Gasteiger partial charge in [0.15, 0.2) is 0 Å². The molecule has 108 valence electrons. The molecule has 0 saturated heterocycles. The summed E-state index contributed by atoms with van der Waals surface area (Å²) < 4.78 is 15.8. The molecule has 6 heteroatoms. The lowest BCUT2D eigenvalue weighted by atomic mass is 10.0. The first-order valence-electron chi connectivity index (χ1n) is 6.28. The average Bonchev–Trinajstić information content (AvgIpc) is 2.66. The molecule has 3 nitrogen and oxygen atoms in total. The van der Waals surface area contributed by atoms with Gasteiger partial charge < -0.3 is 5.11 Å². The van der Waals surface area contributed by atoms with Gasteiger partial charge in [0.25, 0.3) is 0 Å². The largest absolute Gasteiger partial charge is 0.388 e. The Morgan fingerprint density at radius 3 is 2.80 bits per heavy atom. The Kier molecular flexibility index (Phi) is 4.83. The number of aliphatic hydroxyl groups excluding tert-OH is 1. The van der Waals surface area contributed by atoms with Crippen LogP contribution in [-0.2, 0) is 13.0 Å². The maximum Gasteiger partial charge on any atom is 0.124 e. The lowest BCUT2D eigenvalue weighted by Crippen LogP contribution is -2.09. The van der Waals surface area contributed by atoms with Gasteiger partial charge in [0.1, 0.15) is 5.82 Å². The van der Waals surface area contributed by atoms with Gasteiger partial charge >= 0.3 is 0 Å². The van der Waals surface area contributed by atoms with Crippen molar-refractivity contribution in [2.75, 3.05) is 0 Å². The summed E-state index contributed by atoms with van der Waals surface area (Å²) in [5.74, 6) is -0.415. The van der Waals surface area contributed by atoms with Crippen LogP contribution < -0.4 is 0 Å². The normalized spacial score (nSPS) is 12.7. The molecule has 1 aromatic carbocycles. The predicted octanol–water partition coefficient (Wildman–Crippen LogP) is 4.04. The van der Waals surface area contributed by atoms with Gasteiger partial charge in [0.2, 0.25) is 0 Å². The first-order chi connectivity index (χ1) is 9.43. The monoisotopic (exact) mass is 360 g/mol. The smallest absolute Gasteiger partial charge is 0.124 e. The van der Waals surface area contributed by atoms with Crippen LogP contribution in [0.25, 0.3) is 0 Å². The molecule has 1 unspecified atom stereocenters. The molecule has 0 saturated carbocycles. The SMILES string of the molecule is CCn1nc(C)c(Br)c1CC(O)c1ccc(F)cc1Cl. The van der Waals surface area contributed by atoms with Gasteiger partial charge in [-0.1, -0.05) is 17.7 Å². The molecule has 0 amide bonds. The Hall–Kier alpha value is -0.910. The molecular weight excluding hydrogens is 347 g/mol. The van der Waals surface area contributed by atoms with Crippen molar-refractivity contribution >= 4 is 27.5 Å². The second-order valence-corrected chi connectivity index (χ2v) is 5.75. The Morgan fingerprint density at radius 2 is 2.20 bits per heavy atom. The van der Waals surface area contributed by atoms with E-state index in [-0.39, 0.29) is 5.02 Å². The number of benzene rings is 1. The van der Waals surface area contributed by atoms with Gasteiger partial charge in [-0.05, 0) is 47.5 Å². The summed E-state index contributed by atoms with van der Waals surface area (Å²) in [6.45, 7) is 4.60. The first-order valence-corrected chi connectivity index (χ1v) is 7.46. The highest BCUT2D eigenvalue weighted by molar-refractivity contribution is 9.10. The highest BCUT2D eigenvalue weighted by Crippen LogP contribution is 2.30. The fourth-order valence-corrected chi connectivity index (χ4v) is 2.87. The third kappa shape index (κ3) is 3.05. The van der Waals surface area contributed by atoms with Crippen molar-refractivity contribution in [2.24, 2.45) is 0 Å². The topological polar surface area (TPSA) is 38.0 Å². The zero-order valence-corrected chi connectivity index (χ0v) is 13.5. The summed E-state index contributed by atoms with van der Waals surface area (Å²) in [7, 11) is 0. The first kappa shape index (κ1) is 15.5. The van der Waals surface area contributed by atoms with Crippen molar-refractivity contribution in [3.63, 3.8) is 0 Å². The van der Waals surface area contributed by atoms with E-state index in [0.717, 1.165) is 15.9 Å². The maximum absolute atomic E-state index is 13.0. The molecule has 0 aliphatic carbocycles. The molecule has 1 atom stereocenters. The number of rotatable bonds is 4. The van der Waals surface area contributed by atoms with Crippen LogP contribution in [0.15, 0.2) is 22.7 Å². The van der Waals surface area contributed by atoms with Gasteiger partial charge in [-0.25, -0.2) is 4.39 Å².